The number of alkyl halides is 2. The van der Waals surface area contributed by atoms with Gasteiger partial charge in [0.15, 0.2) is 34.8 Å². The number of ether oxygens (including phenoxy) is 1. The van der Waals surface area contributed by atoms with Crippen molar-refractivity contribution in [1.29, 1.82) is 0 Å². The molecule has 2 aromatic rings. The van der Waals surface area contributed by atoms with Gasteiger partial charge in [0.1, 0.15) is 0 Å². The molecule has 0 fully saturated rings. The third kappa shape index (κ3) is 2.70. The summed E-state index contributed by atoms with van der Waals surface area (Å²) in [6, 6.07) is 1.57. The topological polar surface area (TPSA) is 9.23 Å². The molecule has 22 heavy (non-hydrogen) atoms. The van der Waals surface area contributed by atoms with Gasteiger partial charge in [-0.15, -0.1) is 0 Å². The lowest BCUT2D eigenvalue weighted by Crippen LogP contribution is -2.06. The quantitative estimate of drug-likeness (QED) is 0.447. The minimum Gasteiger partial charge on any atom is -0.432 e. The Morgan fingerprint density at radius 2 is 1.23 bits per heavy atom. The van der Waals surface area contributed by atoms with Crippen LogP contribution in [0.15, 0.2) is 18.2 Å². The molecule has 1 nitrogen and oxygen atoms in total. The fourth-order valence-corrected chi connectivity index (χ4v) is 1.71. The molecule has 0 aliphatic heterocycles. The number of rotatable bonds is 3. The summed E-state index contributed by atoms with van der Waals surface area (Å²) >= 11 is 0. The summed E-state index contributed by atoms with van der Waals surface area (Å²) in [7, 11) is 0. The summed E-state index contributed by atoms with van der Waals surface area (Å²) < 4.78 is 107. The van der Waals surface area contributed by atoms with E-state index in [1.165, 1.54) is 0 Å². The Balaban J connectivity index is 2.61. The molecule has 0 spiro atoms. The maximum atomic E-state index is 13.5. The van der Waals surface area contributed by atoms with Crippen LogP contribution in [-0.4, -0.2) is 6.61 Å². The predicted octanol–water partition coefficient (Wildman–Crippen LogP) is 4.79. The monoisotopic (exact) mass is 328 g/mol. The molecule has 9 heteroatoms. The van der Waals surface area contributed by atoms with Crippen molar-refractivity contribution in [1.82, 2.24) is 0 Å². The molecule has 0 heterocycles. The Kier molecular flexibility index (Phi) is 4.25. The molecule has 0 saturated carbocycles. The molecule has 118 valence electrons. The lowest BCUT2D eigenvalue weighted by Gasteiger charge is -2.10. The van der Waals surface area contributed by atoms with Gasteiger partial charge in [-0.1, -0.05) is 6.07 Å². The van der Waals surface area contributed by atoms with E-state index in [1.807, 2.05) is 0 Å². The Morgan fingerprint density at radius 3 is 1.68 bits per heavy atom. The van der Waals surface area contributed by atoms with Gasteiger partial charge in [-0.25, -0.2) is 26.3 Å². The molecule has 0 radical (unpaired) electrons. The molecule has 0 amide bonds. The fourth-order valence-electron chi connectivity index (χ4n) is 1.71. The number of hydrogen-bond acceptors (Lipinski definition) is 1. The smallest absolute Gasteiger partial charge is 0.387 e. The van der Waals surface area contributed by atoms with Gasteiger partial charge in [0.25, 0.3) is 0 Å². The predicted molar refractivity (Wildman–Crippen MR) is 58.3 cm³/mol. The van der Waals surface area contributed by atoms with Crippen molar-refractivity contribution in [2.24, 2.45) is 0 Å². The second-order valence-electron chi connectivity index (χ2n) is 3.97. The van der Waals surface area contributed by atoms with E-state index in [4.69, 9.17) is 0 Å². The number of benzene rings is 2. The zero-order valence-corrected chi connectivity index (χ0v) is 10.2. The summed E-state index contributed by atoms with van der Waals surface area (Å²) in [5, 5.41) is 0. The molecule has 0 aliphatic carbocycles. The maximum absolute atomic E-state index is 13.5. The Labute approximate surface area is 117 Å². The van der Waals surface area contributed by atoms with E-state index in [9.17, 15) is 35.1 Å². The van der Waals surface area contributed by atoms with Crippen molar-refractivity contribution in [3.05, 3.63) is 53.1 Å². The van der Waals surface area contributed by atoms with Crippen LogP contribution in [-0.2, 0) is 0 Å². The maximum Gasteiger partial charge on any atom is 0.387 e. The van der Waals surface area contributed by atoms with Crippen molar-refractivity contribution in [2.45, 2.75) is 6.61 Å². The van der Waals surface area contributed by atoms with Crippen LogP contribution in [0, 0.1) is 34.9 Å². The molecule has 0 aliphatic rings. The van der Waals surface area contributed by atoms with Crippen LogP contribution in [0.3, 0.4) is 0 Å². The summed E-state index contributed by atoms with van der Waals surface area (Å²) in [5.41, 5.74) is -2.11. The molecule has 2 aromatic carbocycles. The third-order valence-corrected chi connectivity index (χ3v) is 2.65. The van der Waals surface area contributed by atoms with Crippen molar-refractivity contribution < 1.29 is 39.9 Å². The Morgan fingerprint density at radius 1 is 0.727 bits per heavy atom. The van der Waals surface area contributed by atoms with Crippen LogP contribution in [0.5, 0.6) is 5.75 Å². The van der Waals surface area contributed by atoms with Crippen LogP contribution < -0.4 is 4.74 Å². The number of halogens is 8. The first-order valence-corrected chi connectivity index (χ1v) is 5.50. The standard InChI is InChI=1S/C13H4F8O/c14-5-3-4(1-2-6(5)22-13(20)21)7-8(15)10(17)12(19)11(18)9(7)16/h1-3,13H. The first-order valence-electron chi connectivity index (χ1n) is 5.50. The highest BCUT2D eigenvalue weighted by molar-refractivity contribution is 5.66. The van der Waals surface area contributed by atoms with Gasteiger partial charge in [-0.05, 0) is 17.7 Å². The minimum absolute atomic E-state index is 0.315. The Bertz CT molecular complexity index is 699. The van der Waals surface area contributed by atoms with Crippen molar-refractivity contribution in [3.8, 4) is 16.9 Å². The highest BCUT2D eigenvalue weighted by atomic mass is 19.3. The average molecular weight is 328 g/mol. The van der Waals surface area contributed by atoms with E-state index in [0.717, 1.165) is 0 Å². The lowest BCUT2D eigenvalue weighted by molar-refractivity contribution is -0.0521. The van der Waals surface area contributed by atoms with Gasteiger partial charge in [-0.2, -0.15) is 8.78 Å². The van der Waals surface area contributed by atoms with Crippen molar-refractivity contribution >= 4 is 0 Å². The van der Waals surface area contributed by atoms with Crippen LogP contribution in [0.1, 0.15) is 0 Å². The second-order valence-corrected chi connectivity index (χ2v) is 3.97. The van der Waals surface area contributed by atoms with E-state index in [1.54, 1.807) is 0 Å². The zero-order chi connectivity index (χ0) is 16.6. The van der Waals surface area contributed by atoms with E-state index in [2.05, 4.69) is 4.74 Å². The molecule has 0 aromatic heterocycles. The SMILES string of the molecule is Fc1cc(-c2c(F)c(F)c(F)c(F)c2F)ccc1OC(F)F. The van der Waals surface area contributed by atoms with Crippen molar-refractivity contribution in [3.63, 3.8) is 0 Å². The normalized spacial score (nSPS) is 11.1. The van der Waals surface area contributed by atoms with Gasteiger partial charge in [-0.3, -0.25) is 0 Å². The molecule has 0 saturated heterocycles. The first kappa shape index (κ1) is 16.1. The third-order valence-electron chi connectivity index (χ3n) is 2.65. The van der Waals surface area contributed by atoms with E-state index < -0.39 is 58.4 Å². The minimum atomic E-state index is -3.35. The van der Waals surface area contributed by atoms with Gasteiger partial charge < -0.3 is 4.74 Å². The molecule has 0 bridgehead atoms. The van der Waals surface area contributed by atoms with Gasteiger partial charge in [0.05, 0.1) is 5.56 Å². The van der Waals surface area contributed by atoms with Crippen LogP contribution in [0.2, 0.25) is 0 Å². The van der Waals surface area contributed by atoms with Crippen molar-refractivity contribution in [2.75, 3.05) is 0 Å². The Hall–Kier alpha value is -2.32. The van der Waals surface area contributed by atoms with Crippen LogP contribution >= 0.6 is 0 Å². The van der Waals surface area contributed by atoms with Gasteiger partial charge in [0, 0.05) is 0 Å². The van der Waals surface area contributed by atoms with E-state index >= 15 is 0 Å². The molecular formula is C13H4F8O. The molecule has 0 atom stereocenters. The first-order chi connectivity index (χ1) is 10.2. The molecular weight excluding hydrogens is 324 g/mol. The molecule has 0 N–H and O–H groups in total. The van der Waals surface area contributed by atoms with Gasteiger partial charge >= 0.3 is 6.61 Å². The zero-order valence-electron chi connectivity index (χ0n) is 10.2. The highest BCUT2D eigenvalue weighted by Gasteiger charge is 2.27. The highest BCUT2D eigenvalue weighted by Crippen LogP contribution is 2.33. The van der Waals surface area contributed by atoms with E-state index in [0.29, 0.717) is 18.2 Å². The largest absolute Gasteiger partial charge is 0.432 e. The summed E-state index contributed by atoms with van der Waals surface area (Å²) in [6.45, 7) is -3.35. The van der Waals surface area contributed by atoms with Crippen LogP contribution in [0.4, 0.5) is 35.1 Å². The molecule has 0 unspecified atom stereocenters. The summed E-state index contributed by atoms with van der Waals surface area (Å²) in [5.74, 6) is -13.5. The summed E-state index contributed by atoms with van der Waals surface area (Å²) in [6.07, 6.45) is 0. The summed E-state index contributed by atoms with van der Waals surface area (Å²) in [4.78, 5) is 0. The molecule has 2 rings (SSSR count). The fraction of sp³-hybridized carbons (Fsp3) is 0.0769. The van der Waals surface area contributed by atoms with E-state index in [-0.39, 0.29) is 0 Å². The van der Waals surface area contributed by atoms with Crippen LogP contribution in [0.25, 0.3) is 11.1 Å². The average Bonchev–Trinajstić information content (AvgIpc) is 2.45. The second kappa shape index (κ2) is 5.82. The lowest BCUT2D eigenvalue weighted by atomic mass is 10.0. The van der Waals surface area contributed by atoms with Gasteiger partial charge in [0.2, 0.25) is 5.82 Å². The number of hydrogen-bond donors (Lipinski definition) is 0.